The first-order valence-corrected chi connectivity index (χ1v) is 6.29. The van der Waals surface area contributed by atoms with Gasteiger partial charge in [-0.25, -0.2) is 9.78 Å². The van der Waals surface area contributed by atoms with Crippen molar-refractivity contribution in [3.8, 4) is 5.75 Å². The van der Waals surface area contributed by atoms with E-state index in [1.54, 1.807) is 19.2 Å². The van der Waals surface area contributed by atoms with E-state index in [1.807, 2.05) is 13.0 Å². The van der Waals surface area contributed by atoms with Crippen molar-refractivity contribution in [2.45, 2.75) is 26.7 Å². The number of hydrogen-bond donors (Lipinski definition) is 1. The zero-order valence-corrected chi connectivity index (χ0v) is 11.4. The van der Waals surface area contributed by atoms with E-state index in [0.29, 0.717) is 16.7 Å². The molecule has 0 aliphatic rings. The van der Waals surface area contributed by atoms with E-state index in [1.165, 1.54) is 0 Å². The highest BCUT2D eigenvalue weighted by Crippen LogP contribution is 2.29. The number of nitrogens with zero attached hydrogens (tertiary/aromatic N) is 1. The van der Waals surface area contributed by atoms with E-state index in [-0.39, 0.29) is 5.56 Å². The summed E-state index contributed by atoms with van der Waals surface area (Å²) >= 11 is 0. The Bertz CT molecular complexity index is 635. The van der Waals surface area contributed by atoms with Crippen LogP contribution in [0.3, 0.4) is 0 Å². The molecule has 0 saturated heterocycles. The molecule has 0 saturated carbocycles. The quantitative estimate of drug-likeness (QED) is 0.916. The van der Waals surface area contributed by atoms with Gasteiger partial charge in [-0.1, -0.05) is 13.3 Å². The van der Waals surface area contributed by atoms with Crippen LogP contribution in [0.25, 0.3) is 10.9 Å². The number of ether oxygens (including phenoxy) is 1. The fourth-order valence-electron chi connectivity index (χ4n) is 2.21. The number of carbonyl (C=O) groups is 1. The van der Waals surface area contributed by atoms with E-state index in [9.17, 15) is 9.90 Å². The number of aromatic nitrogens is 1. The summed E-state index contributed by atoms with van der Waals surface area (Å²) in [4.78, 5) is 15.9. The Labute approximate surface area is 112 Å². The number of aryl methyl sites for hydroxylation is 2. The minimum absolute atomic E-state index is 0.259. The van der Waals surface area contributed by atoms with Crippen molar-refractivity contribution >= 4 is 16.9 Å². The topological polar surface area (TPSA) is 59.4 Å². The van der Waals surface area contributed by atoms with Crippen LogP contribution in [0.15, 0.2) is 18.2 Å². The van der Waals surface area contributed by atoms with Crippen molar-refractivity contribution in [2.24, 2.45) is 0 Å². The lowest BCUT2D eigenvalue weighted by atomic mass is 10.0. The third-order valence-corrected chi connectivity index (χ3v) is 3.18. The molecule has 2 rings (SSSR count). The Balaban J connectivity index is 2.79. The maximum absolute atomic E-state index is 11.3. The van der Waals surface area contributed by atoms with Crippen LogP contribution in [0, 0.1) is 6.92 Å². The second-order valence-electron chi connectivity index (χ2n) is 4.52. The summed E-state index contributed by atoms with van der Waals surface area (Å²) in [7, 11) is 1.57. The summed E-state index contributed by atoms with van der Waals surface area (Å²) in [6, 6.07) is 5.10. The van der Waals surface area contributed by atoms with Crippen molar-refractivity contribution in [3.05, 3.63) is 35.0 Å². The van der Waals surface area contributed by atoms with E-state index < -0.39 is 5.97 Å². The van der Waals surface area contributed by atoms with Crippen LogP contribution in [0.1, 0.15) is 35.0 Å². The van der Waals surface area contributed by atoms with E-state index in [4.69, 9.17) is 4.74 Å². The van der Waals surface area contributed by atoms with Gasteiger partial charge in [0.05, 0.1) is 12.7 Å². The molecular formula is C15H17NO3. The lowest BCUT2D eigenvalue weighted by Crippen LogP contribution is -2.02. The van der Waals surface area contributed by atoms with Gasteiger partial charge in [0.2, 0.25) is 0 Å². The number of aromatic carboxylic acids is 1. The monoisotopic (exact) mass is 259 g/mol. The zero-order chi connectivity index (χ0) is 14.0. The minimum Gasteiger partial charge on any atom is -0.494 e. The van der Waals surface area contributed by atoms with Gasteiger partial charge < -0.3 is 9.84 Å². The molecule has 1 heterocycles. The molecule has 1 aromatic carbocycles. The Hall–Kier alpha value is -2.10. The van der Waals surface area contributed by atoms with Crippen LogP contribution >= 0.6 is 0 Å². The third kappa shape index (κ3) is 2.38. The average Bonchev–Trinajstić information content (AvgIpc) is 2.38. The SMILES string of the molecule is CCCc1nc2c(OC)ccc(C(=O)O)c2cc1C. The predicted octanol–water partition coefficient (Wildman–Crippen LogP) is 3.20. The van der Waals surface area contributed by atoms with Gasteiger partial charge in [0.15, 0.2) is 0 Å². The normalized spacial score (nSPS) is 10.7. The van der Waals surface area contributed by atoms with E-state index in [2.05, 4.69) is 11.9 Å². The second kappa shape index (κ2) is 5.26. The van der Waals surface area contributed by atoms with Crippen LogP contribution in [-0.2, 0) is 6.42 Å². The van der Waals surface area contributed by atoms with Crippen molar-refractivity contribution in [2.75, 3.05) is 7.11 Å². The van der Waals surface area contributed by atoms with Crippen LogP contribution in [0.2, 0.25) is 0 Å². The van der Waals surface area contributed by atoms with Crippen LogP contribution in [-0.4, -0.2) is 23.2 Å². The number of carboxylic acid groups (broad SMARTS) is 1. The highest BCUT2D eigenvalue weighted by molar-refractivity contribution is 6.04. The third-order valence-electron chi connectivity index (χ3n) is 3.18. The first-order valence-electron chi connectivity index (χ1n) is 6.29. The molecular weight excluding hydrogens is 242 g/mol. The van der Waals surface area contributed by atoms with Gasteiger partial charge >= 0.3 is 5.97 Å². The summed E-state index contributed by atoms with van der Waals surface area (Å²) in [5.74, 6) is -0.338. The van der Waals surface area contributed by atoms with Crippen molar-refractivity contribution < 1.29 is 14.6 Å². The van der Waals surface area contributed by atoms with Gasteiger partial charge in [-0.15, -0.1) is 0 Å². The van der Waals surface area contributed by atoms with Crippen molar-refractivity contribution in [3.63, 3.8) is 0 Å². The number of fused-ring (bicyclic) bond motifs is 1. The molecule has 0 unspecified atom stereocenters. The second-order valence-corrected chi connectivity index (χ2v) is 4.52. The molecule has 0 radical (unpaired) electrons. The fraction of sp³-hybridized carbons (Fsp3) is 0.333. The molecule has 0 amide bonds. The molecule has 2 aromatic rings. The van der Waals surface area contributed by atoms with Crippen LogP contribution in [0.4, 0.5) is 0 Å². The summed E-state index contributed by atoms with van der Waals surface area (Å²) in [5, 5.41) is 9.87. The summed E-state index contributed by atoms with van der Waals surface area (Å²) in [5.41, 5.74) is 2.90. The Morgan fingerprint density at radius 3 is 2.74 bits per heavy atom. The average molecular weight is 259 g/mol. The molecule has 1 N–H and O–H groups in total. The van der Waals surface area contributed by atoms with Gasteiger partial charge in [-0.2, -0.15) is 0 Å². The molecule has 19 heavy (non-hydrogen) atoms. The molecule has 0 atom stereocenters. The highest BCUT2D eigenvalue weighted by Gasteiger charge is 2.14. The molecule has 0 bridgehead atoms. The fourth-order valence-corrected chi connectivity index (χ4v) is 2.21. The highest BCUT2D eigenvalue weighted by atomic mass is 16.5. The Morgan fingerprint density at radius 2 is 2.16 bits per heavy atom. The molecule has 0 fully saturated rings. The molecule has 4 heteroatoms. The van der Waals surface area contributed by atoms with Gasteiger partial charge in [0.25, 0.3) is 0 Å². The Kier molecular flexibility index (Phi) is 3.69. The number of pyridine rings is 1. The van der Waals surface area contributed by atoms with Crippen LogP contribution in [0.5, 0.6) is 5.75 Å². The smallest absolute Gasteiger partial charge is 0.336 e. The maximum Gasteiger partial charge on any atom is 0.336 e. The predicted molar refractivity (Wildman–Crippen MR) is 74.0 cm³/mol. The zero-order valence-electron chi connectivity index (χ0n) is 11.4. The largest absolute Gasteiger partial charge is 0.494 e. The van der Waals surface area contributed by atoms with Crippen LogP contribution < -0.4 is 4.74 Å². The van der Waals surface area contributed by atoms with E-state index >= 15 is 0 Å². The minimum atomic E-state index is -0.947. The lowest BCUT2D eigenvalue weighted by molar-refractivity contribution is 0.0699. The number of rotatable bonds is 4. The Morgan fingerprint density at radius 1 is 1.42 bits per heavy atom. The summed E-state index contributed by atoms with van der Waals surface area (Å²) in [6.45, 7) is 4.05. The molecule has 1 aromatic heterocycles. The summed E-state index contributed by atoms with van der Waals surface area (Å²) in [6.07, 6.45) is 1.88. The molecule has 0 aliphatic heterocycles. The maximum atomic E-state index is 11.3. The number of carboxylic acids is 1. The van der Waals surface area contributed by atoms with Gasteiger partial charge in [-0.3, -0.25) is 0 Å². The molecule has 0 aliphatic carbocycles. The molecule has 4 nitrogen and oxygen atoms in total. The first-order chi connectivity index (χ1) is 9.08. The van der Waals surface area contributed by atoms with Gasteiger partial charge in [0, 0.05) is 11.1 Å². The van der Waals surface area contributed by atoms with Gasteiger partial charge in [-0.05, 0) is 37.1 Å². The van der Waals surface area contributed by atoms with E-state index in [0.717, 1.165) is 24.1 Å². The lowest BCUT2D eigenvalue weighted by Gasteiger charge is -2.11. The molecule has 100 valence electrons. The number of methoxy groups -OCH3 is 1. The van der Waals surface area contributed by atoms with Crippen molar-refractivity contribution in [1.82, 2.24) is 4.98 Å². The van der Waals surface area contributed by atoms with Gasteiger partial charge in [0.1, 0.15) is 11.3 Å². The molecule has 0 spiro atoms. The number of hydrogen-bond acceptors (Lipinski definition) is 3. The van der Waals surface area contributed by atoms with Crippen molar-refractivity contribution in [1.29, 1.82) is 0 Å². The number of benzene rings is 1. The summed E-state index contributed by atoms with van der Waals surface area (Å²) < 4.78 is 5.28. The first kappa shape index (κ1) is 13.3. The standard InChI is InChI=1S/C15H17NO3/c1-4-5-12-9(2)8-11-10(15(17)18)6-7-13(19-3)14(11)16-12/h6-8H,4-5H2,1-3H3,(H,17,18).